The van der Waals surface area contributed by atoms with Crippen molar-refractivity contribution >= 4 is 46.4 Å². The van der Waals surface area contributed by atoms with Crippen LogP contribution in [-0.4, -0.2) is 24.6 Å². The Bertz CT molecular complexity index is 1140. The smallest absolute Gasteiger partial charge is 0.295 e. The van der Waals surface area contributed by atoms with Crippen LogP contribution in [0, 0.1) is 5.92 Å². The molecule has 0 N–H and O–H groups in total. The number of Topliss-reactive ketones (excluding diaryl/α,β-unsaturated/α-hetero) is 2. The molecular weight excluding hydrogens is 437 g/mol. The molecule has 1 saturated heterocycles. The van der Waals surface area contributed by atoms with Gasteiger partial charge in [0.05, 0.1) is 13.2 Å². The lowest BCUT2D eigenvalue weighted by molar-refractivity contribution is -0.135. The Morgan fingerprint density at radius 3 is 1.94 bits per heavy atom. The van der Waals surface area contributed by atoms with Crippen LogP contribution in [0.3, 0.4) is 0 Å². The van der Waals surface area contributed by atoms with Crippen molar-refractivity contribution in [2.45, 2.75) is 6.04 Å². The van der Waals surface area contributed by atoms with Crippen molar-refractivity contribution in [2.24, 2.45) is 5.92 Å². The minimum atomic E-state index is -1.20. The van der Waals surface area contributed by atoms with Gasteiger partial charge in [0, 0.05) is 21.3 Å². The number of ether oxygens (including phenoxy) is 1. The van der Waals surface area contributed by atoms with E-state index in [4.69, 9.17) is 27.9 Å². The number of hydrogen-bond acceptors (Lipinski definition) is 4. The second kappa shape index (κ2) is 8.53. The summed E-state index contributed by atoms with van der Waals surface area (Å²) < 4.78 is 5.18. The zero-order chi connectivity index (χ0) is 22.1. The molecule has 0 spiro atoms. The van der Waals surface area contributed by atoms with E-state index < -0.39 is 29.4 Å². The fourth-order valence-electron chi connectivity index (χ4n) is 3.75. The van der Waals surface area contributed by atoms with E-state index in [0.29, 0.717) is 32.6 Å². The average Bonchev–Trinajstić information content (AvgIpc) is 3.05. The van der Waals surface area contributed by atoms with Crippen LogP contribution in [0.4, 0.5) is 5.69 Å². The van der Waals surface area contributed by atoms with E-state index in [1.54, 1.807) is 72.8 Å². The predicted molar refractivity (Wildman–Crippen MR) is 119 cm³/mol. The lowest BCUT2D eigenvalue weighted by Crippen LogP contribution is -2.30. The number of rotatable bonds is 5. The van der Waals surface area contributed by atoms with E-state index >= 15 is 0 Å². The largest absolute Gasteiger partial charge is 0.497 e. The minimum Gasteiger partial charge on any atom is -0.497 e. The van der Waals surface area contributed by atoms with Crippen molar-refractivity contribution in [3.8, 4) is 5.75 Å². The van der Waals surface area contributed by atoms with Gasteiger partial charge in [-0.2, -0.15) is 0 Å². The first kappa shape index (κ1) is 21.1. The second-order valence-corrected chi connectivity index (χ2v) is 7.96. The van der Waals surface area contributed by atoms with Crippen LogP contribution in [0.5, 0.6) is 5.75 Å². The third kappa shape index (κ3) is 3.94. The number of carbonyl (C=O) groups excluding carboxylic acids is 3. The van der Waals surface area contributed by atoms with E-state index in [-0.39, 0.29) is 0 Å². The Morgan fingerprint density at radius 1 is 0.839 bits per heavy atom. The molecule has 1 heterocycles. The first-order valence-electron chi connectivity index (χ1n) is 9.47. The lowest BCUT2D eigenvalue weighted by Gasteiger charge is -2.27. The molecule has 4 rings (SSSR count). The number of amides is 1. The summed E-state index contributed by atoms with van der Waals surface area (Å²) in [7, 11) is 1.54. The number of hydrogen-bond donors (Lipinski definition) is 0. The maximum atomic E-state index is 13.4. The molecule has 0 aromatic heterocycles. The third-order valence-electron chi connectivity index (χ3n) is 5.28. The maximum absolute atomic E-state index is 13.4. The topological polar surface area (TPSA) is 63.7 Å². The van der Waals surface area contributed by atoms with Gasteiger partial charge in [0.15, 0.2) is 5.78 Å². The number of halogens is 2. The zero-order valence-electron chi connectivity index (χ0n) is 16.4. The Labute approximate surface area is 189 Å². The van der Waals surface area contributed by atoms with E-state index in [9.17, 15) is 14.4 Å². The molecule has 31 heavy (non-hydrogen) atoms. The van der Waals surface area contributed by atoms with Gasteiger partial charge in [0.2, 0.25) is 5.78 Å². The van der Waals surface area contributed by atoms with Gasteiger partial charge in [-0.3, -0.25) is 19.3 Å². The Morgan fingerprint density at radius 2 is 1.39 bits per heavy atom. The summed E-state index contributed by atoms with van der Waals surface area (Å²) in [4.78, 5) is 40.8. The molecule has 1 fully saturated rings. The van der Waals surface area contributed by atoms with Crippen LogP contribution in [-0.2, 0) is 9.59 Å². The molecule has 3 aromatic carbocycles. The third-order valence-corrected chi connectivity index (χ3v) is 5.78. The van der Waals surface area contributed by atoms with Crippen molar-refractivity contribution < 1.29 is 19.1 Å². The molecule has 7 heteroatoms. The molecule has 3 aromatic rings. The van der Waals surface area contributed by atoms with Crippen molar-refractivity contribution in [1.29, 1.82) is 0 Å². The summed E-state index contributed by atoms with van der Waals surface area (Å²) >= 11 is 12.0. The second-order valence-electron chi connectivity index (χ2n) is 7.08. The Kier molecular flexibility index (Phi) is 5.81. The molecule has 0 aliphatic carbocycles. The number of benzene rings is 3. The highest BCUT2D eigenvalue weighted by atomic mass is 35.5. The highest BCUT2D eigenvalue weighted by Gasteiger charge is 2.52. The van der Waals surface area contributed by atoms with Gasteiger partial charge in [-0.1, -0.05) is 35.3 Å². The summed E-state index contributed by atoms with van der Waals surface area (Å²) in [5.74, 6) is -2.52. The van der Waals surface area contributed by atoms with E-state index in [2.05, 4.69) is 0 Å². The molecule has 156 valence electrons. The highest BCUT2D eigenvalue weighted by Crippen LogP contribution is 2.41. The number of nitrogens with zero attached hydrogens (tertiary/aromatic N) is 1. The SMILES string of the molecule is COc1ccc(N2C(=O)C(=O)C(C(=O)c3ccc(Cl)cc3)C2c2ccc(Cl)cc2)cc1. The van der Waals surface area contributed by atoms with Crippen molar-refractivity contribution in [1.82, 2.24) is 0 Å². The molecule has 0 bridgehead atoms. The van der Waals surface area contributed by atoms with Crippen LogP contribution in [0.25, 0.3) is 0 Å². The molecule has 0 saturated carbocycles. The first-order valence-corrected chi connectivity index (χ1v) is 10.2. The lowest BCUT2D eigenvalue weighted by atomic mass is 9.86. The van der Waals surface area contributed by atoms with Gasteiger partial charge >= 0.3 is 0 Å². The van der Waals surface area contributed by atoms with Gasteiger partial charge in [0.1, 0.15) is 11.7 Å². The number of carbonyl (C=O) groups is 3. The van der Waals surface area contributed by atoms with E-state index in [0.717, 1.165) is 0 Å². The molecule has 1 aliphatic heterocycles. The highest BCUT2D eigenvalue weighted by molar-refractivity contribution is 6.49. The van der Waals surface area contributed by atoms with E-state index in [1.165, 1.54) is 12.0 Å². The Hall–Kier alpha value is -3.15. The first-order chi connectivity index (χ1) is 14.9. The molecule has 5 nitrogen and oxygen atoms in total. The molecule has 1 aliphatic rings. The van der Waals surface area contributed by atoms with Crippen LogP contribution in [0.1, 0.15) is 22.0 Å². The summed E-state index contributed by atoms with van der Waals surface area (Å²) in [5.41, 5.74) is 1.43. The van der Waals surface area contributed by atoms with Crippen molar-refractivity contribution in [2.75, 3.05) is 12.0 Å². The average molecular weight is 454 g/mol. The van der Waals surface area contributed by atoms with Crippen LogP contribution >= 0.6 is 23.2 Å². The van der Waals surface area contributed by atoms with Gasteiger partial charge in [0.25, 0.3) is 5.91 Å². The summed E-state index contributed by atoms with van der Waals surface area (Å²) in [6.45, 7) is 0. The van der Waals surface area contributed by atoms with Crippen LogP contribution in [0.2, 0.25) is 10.0 Å². The summed E-state index contributed by atoms with van der Waals surface area (Å²) in [6, 6.07) is 19.0. The summed E-state index contributed by atoms with van der Waals surface area (Å²) in [5, 5.41) is 0.982. The fourth-order valence-corrected chi connectivity index (χ4v) is 4.00. The fraction of sp³-hybridized carbons (Fsp3) is 0.125. The minimum absolute atomic E-state index is 0.311. The number of anilines is 1. The molecule has 1 amide bonds. The van der Waals surface area contributed by atoms with E-state index in [1.807, 2.05) is 0 Å². The van der Waals surface area contributed by atoms with Crippen molar-refractivity contribution in [3.05, 3.63) is 94.0 Å². The monoisotopic (exact) mass is 453 g/mol. The van der Waals surface area contributed by atoms with Gasteiger partial charge < -0.3 is 4.74 Å². The van der Waals surface area contributed by atoms with Crippen molar-refractivity contribution in [3.63, 3.8) is 0 Å². The van der Waals surface area contributed by atoms with Crippen LogP contribution in [0.15, 0.2) is 72.8 Å². The predicted octanol–water partition coefficient (Wildman–Crippen LogP) is 5.16. The zero-order valence-corrected chi connectivity index (χ0v) is 17.9. The maximum Gasteiger partial charge on any atom is 0.295 e. The van der Waals surface area contributed by atoms with Gasteiger partial charge in [-0.15, -0.1) is 0 Å². The molecule has 0 radical (unpaired) electrons. The number of methoxy groups -OCH3 is 1. The molecular formula is C24H17Cl2NO4. The summed E-state index contributed by atoms with van der Waals surface area (Å²) in [6.07, 6.45) is 0. The molecule has 2 atom stereocenters. The van der Waals surface area contributed by atoms with Gasteiger partial charge in [-0.25, -0.2) is 0 Å². The van der Waals surface area contributed by atoms with Gasteiger partial charge in [-0.05, 0) is 66.2 Å². The standard InChI is InChI=1S/C24H17Cl2NO4/c1-31-19-12-10-18(11-13-19)27-21(14-2-6-16(25)7-3-14)20(23(29)24(27)30)22(28)15-4-8-17(26)9-5-15/h2-13,20-21H,1H3. The molecule has 2 unspecified atom stereocenters. The quantitative estimate of drug-likeness (QED) is 0.304. The van der Waals surface area contributed by atoms with Crippen LogP contribution < -0.4 is 9.64 Å². The number of ketones is 2. The normalized spacial score (nSPS) is 18.4. The Balaban J connectivity index is 1.83.